The van der Waals surface area contributed by atoms with Gasteiger partial charge in [-0.1, -0.05) is 25.7 Å². The van der Waals surface area contributed by atoms with Gasteiger partial charge in [0.25, 0.3) is 0 Å². The quantitative estimate of drug-likeness (QED) is 0.391. The van der Waals surface area contributed by atoms with Gasteiger partial charge in [-0.15, -0.1) is 0 Å². The van der Waals surface area contributed by atoms with Crippen LogP contribution in [0.25, 0.3) is 0 Å². The van der Waals surface area contributed by atoms with E-state index in [2.05, 4.69) is 0 Å². The molecule has 0 fully saturated rings. The molecule has 0 aliphatic heterocycles. The fourth-order valence-electron chi connectivity index (χ4n) is 1.25. The second-order valence-corrected chi connectivity index (χ2v) is 3.37. The van der Waals surface area contributed by atoms with E-state index >= 15 is 0 Å². The number of carboxylic acid groups (broad SMARTS) is 2. The number of aliphatic carboxylic acids is 2. The van der Waals surface area contributed by atoms with Crippen molar-refractivity contribution in [2.75, 3.05) is 0 Å². The molecule has 0 aromatic rings. The number of hydrogen-bond acceptors (Lipinski definition) is 4. The maximum Gasteiger partial charge on any atom is 2.00 e. The molecule has 0 heterocycles. The van der Waals surface area contributed by atoms with Crippen molar-refractivity contribution in [1.29, 1.82) is 0 Å². The third kappa shape index (κ3) is 16.8. The summed E-state index contributed by atoms with van der Waals surface area (Å²) in [5.74, 6) is -2.00. The summed E-state index contributed by atoms with van der Waals surface area (Å²) in [4.78, 5) is 20.1. The number of carboxylic acids is 2. The van der Waals surface area contributed by atoms with Gasteiger partial charge in [0.15, 0.2) is 0 Å². The molecule has 0 aliphatic carbocycles. The number of carbonyl (C=O) groups is 2. The number of unbranched alkanes of at least 4 members (excludes halogenated alkanes) is 5. The minimum Gasteiger partial charge on any atom is -0.550 e. The molecule has 0 N–H and O–H groups in total. The molecule has 0 unspecified atom stereocenters. The molecule has 0 saturated heterocycles. The molecule has 0 rings (SSSR count). The summed E-state index contributed by atoms with van der Waals surface area (Å²) >= 11 is 0. The first-order chi connectivity index (χ1) is 6.63. The maximum atomic E-state index is 10.0. The predicted molar refractivity (Wildman–Crippen MR) is 52.7 cm³/mol. The van der Waals surface area contributed by atoms with Crippen molar-refractivity contribution in [2.45, 2.75) is 51.4 Å². The molecule has 0 amide bonds. The van der Waals surface area contributed by atoms with Crippen LogP contribution >= 0.6 is 0 Å². The summed E-state index contributed by atoms with van der Waals surface area (Å²) in [6, 6.07) is 0. The van der Waals surface area contributed by atoms with E-state index in [0.29, 0.717) is 12.8 Å². The summed E-state index contributed by atoms with van der Waals surface area (Å²) in [6.07, 6.45) is 5.23. The van der Waals surface area contributed by atoms with Gasteiger partial charge in [0.1, 0.15) is 0 Å². The van der Waals surface area contributed by atoms with Gasteiger partial charge >= 0.3 is 37.7 Å². The van der Waals surface area contributed by atoms with E-state index in [1.807, 2.05) is 0 Å². The zero-order chi connectivity index (χ0) is 10.8. The van der Waals surface area contributed by atoms with E-state index in [0.717, 1.165) is 25.7 Å². The Balaban J connectivity index is 0. The summed E-state index contributed by atoms with van der Waals surface area (Å²) < 4.78 is 0. The van der Waals surface area contributed by atoms with Crippen LogP contribution in [0.15, 0.2) is 0 Å². The zero-order valence-corrected chi connectivity index (χ0v) is 11.2. The first kappa shape index (κ1) is 17.6. The molecule has 82 valence electrons. The molecule has 0 bridgehead atoms. The van der Waals surface area contributed by atoms with Crippen molar-refractivity contribution in [1.82, 2.24) is 0 Å². The van der Waals surface area contributed by atoms with Crippen LogP contribution < -0.4 is 10.2 Å². The van der Waals surface area contributed by atoms with Crippen molar-refractivity contribution in [3.8, 4) is 0 Å². The van der Waals surface area contributed by atoms with E-state index in [1.54, 1.807) is 0 Å². The standard InChI is InChI=1S/C10H18O4.Ca/c11-9(12)7-5-3-1-2-4-6-8-10(13)14;/h1-8H2,(H,11,12)(H,13,14);/q;+2/p-2. The molecular weight excluding hydrogens is 224 g/mol. The van der Waals surface area contributed by atoms with Gasteiger partial charge in [-0.2, -0.15) is 0 Å². The molecule has 0 spiro atoms. The van der Waals surface area contributed by atoms with E-state index in [9.17, 15) is 19.8 Å². The van der Waals surface area contributed by atoms with Gasteiger partial charge in [-0.05, 0) is 25.7 Å². The summed E-state index contributed by atoms with van der Waals surface area (Å²) in [6.45, 7) is 0. The Kier molecular flexibility index (Phi) is 14.4. The number of hydrogen-bond donors (Lipinski definition) is 0. The van der Waals surface area contributed by atoms with Crippen LogP contribution in [0, 0.1) is 0 Å². The van der Waals surface area contributed by atoms with Gasteiger partial charge in [0.05, 0.1) is 0 Å². The van der Waals surface area contributed by atoms with Crippen LogP contribution in [0.2, 0.25) is 0 Å². The maximum absolute atomic E-state index is 10.0. The molecule has 0 aliphatic rings. The SMILES string of the molecule is O=C([O-])CCCCCCCCC(=O)[O-].[Ca+2]. The molecule has 0 radical (unpaired) electrons. The van der Waals surface area contributed by atoms with E-state index in [-0.39, 0.29) is 50.6 Å². The summed E-state index contributed by atoms with van der Waals surface area (Å²) in [5.41, 5.74) is 0. The van der Waals surface area contributed by atoms with Crippen LogP contribution in [-0.2, 0) is 9.59 Å². The largest absolute Gasteiger partial charge is 2.00 e. The number of carbonyl (C=O) groups excluding carboxylic acids is 2. The van der Waals surface area contributed by atoms with Crippen molar-refractivity contribution < 1.29 is 19.8 Å². The molecule has 4 nitrogen and oxygen atoms in total. The van der Waals surface area contributed by atoms with Crippen LogP contribution in [0.1, 0.15) is 51.4 Å². The van der Waals surface area contributed by atoms with Crippen molar-refractivity contribution in [3.05, 3.63) is 0 Å². The second-order valence-electron chi connectivity index (χ2n) is 3.37. The Morgan fingerprint density at radius 3 is 1.20 bits per heavy atom. The fourth-order valence-corrected chi connectivity index (χ4v) is 1.25. The summed E-state index contributed by atoms with van der Waals surface area (Å²) in [7, 11) is 0. The van der Waals surface area contributed by atoms with Crippen LogP contribution in [0.4, 0.5) is 0 Å². The number of rotatable bonds is 9. The van der Waals surface area contributed by atoms with Gasteiger partial charge in [-0.3, -0.25) is 0 Å². The Morgan fingerprint density at radius 1 is 0.667 bits per heavy atom. The van der Waals surface area contributed by atoms with E-state index < -0.39 is 11.9 Å². The third-order valence-corrected chi connectivity index (χ3v) is 2.01. The smallest absolute Gasteiger partial charge is 0.550 e. The Hall–Kier alpha value is 0.200. The predicted octanol–water partition coefficient (Wildman–Crippen LogP) is -0.774. The van der Waals surface area contributed by atoms with E-state index in [1.165, 1.54) is 0 Å². The zero-order valence-electron chi connectivity index (χ0n) is 9.00. The molecule has 15 heavy (non-hydrogen) atoms. The van der Waals surface area contributed by atoms with Crippen LogP contribution in [0.3, 0.4) is 0 Å². The molecule has 0 saturated carbocycles. The van der Waals surface area contributed by atoms with Crippen LogP contribution in [0.5, 0.6) is 0 Å². The van der Waals surface area contributed by atoms with Gasteiger partial charge in [0.2, 0.25) is 0 Å². The Bertz CT molecular complexity index is 162. The minimum atomic E-state index is -0.998. The van der Waals surface area contributed by atoms with Crippen molar-refractivity contribution in [3.63, 3.8) is 0 Å². The molecular formula is C10H16CaO4. The first-order valence-electron chi connectivity index (χ1n) is 5.02. The molecule has 0 aromatic carbocycles. The topological polar surface area (TPSA) is 80.3 Å². The average molecular weight is 240 g/mol. The molecule has 0 atom stereocenters. The summed E-state index contributed by atoms with van der Waals surface area (Å²) in [5, 5.41) is 20.1. The normalized spacial score (nSPS) is 9.33. The third-order valence-electron chi connectivity index (χ3n) is 2.01. The van der Waals surface area contributed by atoms with Gasteiger partial charge < -0.3 is 19.8 Å². The van der Waals surface area contributed by atoms with Crippen molar-refractivity contribution >= 4 is 49.7 Å². The Labute approximate surface area is 120 Å². The molecule has 5 heteroatoms. The monoisotopic (exact) mass is 240 g/mol. The Morgan fingerprint density at radius 2 is 0.933 bits per heavy atom. The molecule has 0 aromatic heterocycles. The second kappa shape index (κ2) is 12.3. The van der Waals surface area contributed by atoms with Crippen molar-refractivity contribution in [2.24, 2.45) is 0 Å². The van der Waals surface area contributed by atoms with Gasteiger partial charge in [-0.25, -0.2) is 0 Å². The van der Waals surface area contributed by atoms with E-state index in [4.69, 9.17) is 0 Å². The average Bonchev–Trinajstić information content (AvgIpc) is 2.08. The van der Waals surface area contributed by atoms with Gasteiger partial charge in [0, 0.05) is 11.9 Å². The van der Waals surface area contributed by atoms with Crippen LogP contribution in [-0.4, -0.2) is 49.7 Å². The minimum absolute atomic E-state index is 0. The first-order valence-corrected chi connectivity index (χ1v) is 5.02. The fraction of sp³-hybridized carbons (Fsp3) is 0.800.